The second-order valence-corrected chi connectivity index (χ2v) is 7.44. The number of carbonyl (C=O) groups is 1. The van der Waals surface area contributed by atoms with E-state index >= 15 is 0 Å². The molecule has 6 nitrogen and oxygen atoms in total. The number of nitrogens with zero attached hydrogens (tertiary/aromatic N) is 3. The van der Waals surface area contributed by atoms with Crippen molar-refractivity contribution in [1.82, 2.24) is 20.1 Å². The summed E-state index contributed by atoms with van der Waals surface area (Å²) in [5.74, 6) is 1.73. The third-order valence-electron chi connectivity index (χ3n) is 4.27. The molecule has 0 radical (unpaired) electrons. The highest BCUT2D eigenvalue weighted by molar-refractivity contribution is 9.11. The number of carbonyl (C=O) groups excluding carboxylic acids is 1. The van der Waals surface area contributed by atoms with Gasteiger partial charge in [0.25, 0.3) is 0 Å². The van der Waals surface area contributed by atoms with Gasteiger partial charge in [0.1, 0.15) is 17.2 Å². The number of amides is 1. The molecule has 1 aromatic heterocycles. The molecule has 0 saturated heterocycles. The quantitative estimate of drug-likeness (QED) is 0.385. The van der Waals surface area contributed by atoms with Crippen LogP contribution in [-0.2, 0) is 17.6 Å². The highest BCUT2D eigenvalue weighted by atomic mass is 79.9. The van der Waals surface area contributed by atoms with Crippen LogP contribution in [0.15, 0.2) is 41.1 Å². The van der Waals surface area contributed by atoms with Gasteiger partial charge in [-0.25, -0.2) is 4.79 Å². The monoisotopic (exact) mass is 480 g/mol. The summed E-state index contributed by atoms with van der Waals surface area (Å²) in [6, 6.07) is 0. The first-order valence-corrected chi connectivity index (χ1v) is 11.4. The van der Waals surface area contributed by atoms with Crippen molar-refractivity contribution in [3.8, 4) is 0 Å². The third-order valence-corrected chi connectivity index (χ3v) is 4.50. The average molecular weight is 481 g/mol. The Morgan fingerprint density at radius 1 is 1.27 bits per heavy atom. The van der Waals surface area contributed by atoms with Crippen molar-refractivity contribution in [2.24, 2.45) is 0 Å². The lowest BCUT2D eigenvalue weighted by atomic mass is 10.1. The van der Waals surface area contributed by atoms with E-state index in [9.17, 15) is 4.79 Å². The number of halogens is 1. The molecular formula is C23H37BrN4O2. The van der Waals surface area contributed by atoms with Crippen molar-refractivity contribution >= 4 is 28.2 Å². The Kier molecular flexibility index (Phi) is 13.7. The second-order valence-electron chi connectivity index (χ2n) is 6.91. The van der Waals surface area contributed by atoms with Gasteiger partial charge in [-0.3, -0.25) is 9.88 Å². The van der Waals surface area contributed by atoms with Gasteiger partial charge < -0.3 is 4.74 Å². The minimum atomic E-state index is -0.482. The second kappa shape index (κ2) is 14.8. The van der Waals surface area contributed by atoms with Gasteiger partial charge in [0, 0.05) is 31.2 Å². The fraction of sp³-hybridized carbons (Fsp3) is 0.522. The highest BCUT2D eigenvalue weighted by Gasteiger charge is 2.20. The molecule has 0 fully saturated rings. The topological polar surface area (TPSA) is 69.0 Å². The molecule has 0 atom stereocenters. The van der Waals surface area contributed by atoms with Crippen LogP contribution in [-0.4, -0.2) is 26.5 Å². The zero-order chi connectivity index (χ0) is 23.2. The zero-order valence-corrected chi connectivity index (χ0v) is 21.0. The smallest absolute Gasteiger partial charge is 0.411 e. The van der Waals surface area contributed by atoms with Crippen LogP contribution in [0, 0.1) is 0 Å². The molecular weight excluding hydrogens is 444 g/mol. The van der Waals surface area contributed by atoms with Crippen molar-refractivity contribution in [2.45, 2.75) is 79.8 Å². The lowest BCUT2D eigenvalue weighted by Crippen LogP contribution is -2.33. The number of aryl methyl sites for hydroxylation is 1. The maximum absolute atomic E-state index is 12.0. The van der Waals surface area contributed by atoms with Gasteiger partial charge in [-0.1, -0.05) is 68.4 Å². The van der Waals surface area contributed by atoms with Gasteiger partial charge in [0.15, 0.2) is 0 Å². The number of aromatic nitrogens is 3. The van der Waals surface area contributed by atoms with E-state index in [4.69, 9.17) is 4.74 Å². The van der Waals surface area contributed by atoms with Crippen molar-refractivity contribution in [3.63, 3.8) is 0 Å². The fourth-order valence-corrected chi connectivity index (χ4v) is 2.52. The van der Waals surface area contributed by atoms with Crippen LogP contribution in [0.3, 0.4) is 0 Å². The molecule has 0 aliphatic heterocycles. The molecule has 168 valence electrons. The summed E-state index contributed by atoms with van der Waals surface area (Å²) in [6.07, 6.45) is 9.92. The minimum Gasteiger partial charge on any atom is -0.443 e. The number of rotatable bonds is 10. The van der Waals surface area contributed by atoms with Crippen molar-refractivity contribution in [1.29, 1.82) is 0 Å². The van der Waals surface area contributed by atoms with Crippen molar-refractivity contribution in [2.75, 3.05) is 0 Å². The molecule has 0 spiro atoms. The Labute approximate surface area is 190 Å². The molecule has 1 aromatic rings. The van der Waals surface area contributed by atoms with Gasteiger partial charge in [-0.05, 0) is 37.8 Å². The average Bonchev–Trinajstić information content (AvgIpc) is 3.10. The van der Waals surface area contributed by atoms with E-state index in [1.165, 1.54) is 0 Å². The summed E-state index contributed by atoms with van der Waals surface area (Å²) < 4.78 is 7.37. The van der Waals surface area contributed by atoms with E-state index in [0.717, 1.165) is 35.8 Å². The number of ether oxygens (including phenoxy) is 1. The highest BCUT2D eigenvalue weighted by Crippen LogP contribution is 2.14. The predicted molar refractivity (Wildman–Crippen MR) is 129 cm³/mol. The van der Waals surface area contributed by atoms with E-state index in [1.54, 1.807) is 4.99 Å². The van der Waals surface area contributed by atoms with Crippen LogP contribution in [0.2, 0.25) is 0 Å². The zero-order valence-electron chi connectivity index (χ0n) is 19.5. The molecule has 1 amide bonds. The number of hydrogen-bond donors (Lipinski definition) is 1. The Morgan fingerprint density at radius 2 is 1.90 bits per heavy atom. The summed E-state index contributed by atoms with van der Waals surface area (Å²) in [5, 5.41) is 11.2. The number of nitrogens with one attached hydrogen (secondary N) is 1. The minimum absolute atomic E-state index is 0.436. The first-order valence-electron chi connectivity index (χ1n) is 10.4. The number of hydrogen-bond acceptors (Lipinski definition) is 4. The summed E-state index contributed by atoms with van der Waals surface area (Å²) in [5.41, 5.74) is 1.20. The van der Waals surface area contributed by atoms with Crippen LogP contribution in [0.5, 0.6) is 0 Å². The molecule has 0 aliphatic rings. The molecule has 0 saturated carbocycles. The summed E-state index contributed by atoms with van der Waals surface area (Å²) in [4.78, 5) is 13.8. The van der Waals surface area contributed by atoms with E-state index in [2.05, 4.69) is 38.0 Å². The fourth-order valence-electron chi connectivity index (χ4n) is 2.29. The maximum Gasteiger partial charge on any atom is 0.411 e. The van der Waals surface area contributed by atoms with Gasteiger partial charge in [0.2, 0.25) is 0 Å². The lowest BCUT2D eigenvalue weighted by Gasteiger charge is -2.23. The Hall–Kier alpha value is -2.15. The van der Waals surface area contributed by atoms with Crippen molar-refractivity contribution in [3.05, 3.63) is 52.7 Å². The first-order chi connectivity index (χ1) is 14.3. The van der Waals surface area contributed by atoms with Crippen LogP contribution in [0.4, 0.5) is 4.79 Å². The Morgan fingerprint density at radius 3 is 2.43 bits per heavy atom. The van der Waals surface area contributed by atoms with Gasteiger partial charge in [-0.2, -0.15) is 0 Å². The first kappa shape index (κ1) is 27.8. The molecule has 0 aromatic carbocycles. The van der Waals surface area contributed by atoms with Gasteiger partial charge in [-0.15, -0.1) is 10.2 Å². The largest absolute Gasteiger partial charge is 0.443 e. The molecule has 0 aliphatic carbocycles. The van der Waals surface area contributed by atoms with E-state index in [1.807, 2.05) is 77.5 Å². The van der Waals surface area contributed by atoms with Crippen molar-refractivity contribution < 1.29 is 9.53 Å². The third kappa shape index (κ3) is 10.1. The molecule has 0 unspecified atom stereocenters. The molecule has 0 bridgehead atoms. The molecule has 1 N–H and O–H groups in total. The van der Waals surface area contributed by atoms with E-state index < -0.39 is 11.7 Å². The SMILES string of the molecule is C=C(C=CC/C(=C\C)NC(=O)OC(C)(C)CC)Cc1nnc(CC)n1/C=C\Br.CC. The Bertz CT molecular complexity index is 761. The summed E-state index contributed by atoms with van der Waals surface area (Å²) >= 11 is 3.30. The molecule has 30 heavy (non-hydrogen) atoms. The lowest BCUT2D eigenvalue weighted by molar-refractivity contribution is 0.0379. The van der Waals surface area contributed by atoms with Crippen LogP contribution < -0.4 is 5.32 Å². The van der Waals surface area contributed by atoms with E-state index in [0.29, 0.717) is 12.8 Å². The van der Waals surface area contributed by atoms with Crippen LogP contribution in [0.25, 0.3) is 6.20 Å². The molecule has 1 rings (SSSR count). The van der Waals surface area contributed by atoms with Crippen LogP contribution >= 0.6 is 15.9 Å². The molecule has 7 heteroatoms. The van der Waals surface area contributed by atoms with E-state index in [-0.39, 0.29) is 0 Å². The van der Waals surface area contributed by atoms with Gasteiger partial charge >= 0.3 is 6.09 Å². The summed E-state index contributed by atoms with van der Waals surface area (Å²) in [7, 11) is 0. The predicted octanol–water partition coefficient (Wildman–Crippen LogP) is 6.55. The molecule has 1 heterocycles. The number of alkyl carbamates (subject to hydrolysis) is 1. The van der Waals surface area contributed by atoms with Gasteiger partial charge in [0.05, 0.1) is 0 Å². The number of allylic oxidation sites excluding steroid dienone is 4. The normalized spacial score (nSPS) is 12.1. The standard InChI is InChI=1S/C21H31BrN4O2.C2H6/c1-7-17(23-20(27)28-21(5,6)9-3)12-10-11-16(4)15-19-25-24-18(8-2)26(19)14-13-22;1-2/h7,10-11,13-14H,4,8-9,12,15H2,1-3,5-6H3,(H,23,27);1-2H3/b11-10?,14-13-,17-7+;. The summed E-state index contributed by atoms with van der Waals surface area (Å²) in [6.45, 7) is 17.8. The van der Waals surface area contributed by atoms with Crippen LogP contribution in [0.1, 0.15) is 73.0 Å². The maximum atomic E-state index is 12.0. The Balaban J connectivity index is 0.00000407.